The molecule has 0 N–H and O–H groups in total. The Morgan fingerprint density at radius 2 is 1.61 bits per heavy atom. The molecule has 110 valence electrons. The fourth-order valence-corrected chi connectivity index (χ4v) is 1.24. The van der Waals surface area contributed by atoms with Crippen LogP contribution in [-0.2, 0) is 0 Å². The fraction of sp³-hybridized carbons (Fsp3) is 0.600. The molecule has 1 aliphatic heterocycles. The van der Waals surface area contributed by atoms with E-state index in [1.54, 1.807) is 0 Å². The Hall–Kier alpha value is -0.710. The van der Waals surface area contributed by atoms with Gasteiger partial charge < -0.3 is 4.90 Å². The molecule has 0 fully saturated rings. The maximum absolute atomic E-state index is 10.7. The van der Waals surface area contributed by atoms with Crippen LogP contribution in [0.2, 0.25) is 0 Å². The average molecular weight is 297 g/mol. The summed E-state index contributed by atoms with van der Waals surface area (Å²) in [7, 11) is -10.7. The van der Waals surface area contributed by atoms with Crippen LogP contribution in [-0.4, -0.2) is 18.0 Å². The van der Waals surface area contributed by atoms with Crippen molar-refractivity contribution in [1.82, 2.24) is 4.90 Å². The Labute approximate surface area is 104 Å². The maximum Gasteiger partial charge on any atom is 1.00 e. The molecule has 0 bridgehead atoms. The van der Waals surface area contributed by atoms with Crippen molar-refractivity contribution >= 4 is 7.81 Å². The molecule has 0 saturated heterocycles. The predicted molar refractivity (Wildman–Crippen MR) is 64.1 cm³/mol. The molecule has 0 atom stereocenters. The largest absolute Gasteiger partial charge is 1.00 e. The first-order valence-corrected chi connectivity index (χ1v) is 7.55. The number of halogens is 6. The van der Waals surface area contributed by atoms with Crippen LogP contribution in [0.15, 0.2) is 24.4 Å². The van der Waals surface area contributed by atoms with E-state index in [9.17, 15) is 25.2 Å². The Balaban J connectivity index is 0. The van der Waals surface area contributed by atoms with Gasteiger partial charge in [0.1, 0.15) is 0 Å². The van der Waals surface area contributed by atoms with Crippen molar-refractivity contribution in [2.75, 3.05) is 13.1 Å². The molecule has 0 radical (unpaired) electrons. The van der Waals surface area contributed by atoms with Gasteiger partial charge in [0.05, 0.1) is 0 Å². The zero-order valence-electron chi connectivity index (χ0n) is 11.0. The zero-order valence-corrected chi connectivity index (χ0v) is 10.9. The van der Waals surface area contributed by atoms with E-state index < -0.39 is 7.81 Å². The first-order valence-electron chi connectivity index (χ1n) is 5.52. The molecule has 0 aromatic rings. The molecular weight excluding hydrogens is 279 g/mol. The summed E-state index contributed by atoms with van der Waals surface area (Å²) >= 11 is 0. The van der Waals surface area contributed by atoms with Gasteiger partial charge in [0.15, 0.2) is 0 Å². The standard InChI is InChI=1S/C10H17N.F6P/c1-2-3-5-8-11-9-6-4-7-10-11;1-7(2,3,4,5)6/h4,6-7,9H,2-3,5,8,10H2,1H3;/q;-1/p+1. The monoisotopic (exact) mass is 297 g/mol. The van der Waals surface area contributed by atoms with E-state index in [1.165, 1.54) is 25.8 Å². The van der Waals surface area contributed by atoms with E-state index in [0.29, 0.717) is 0 Å². The average Bonchev–Trinajstić information content (AvgIpc) is 2.15. The van der Waals surface area contributed by atoms with Crippen LogP contribution >= 0.6 is 7.81 Å². The van der Waals surface area contributed by atoms with Crippen LogP contribution in [0.1, 0.15) is 27.6 Å². The summed E-state index contributed by atoms with van der Waals surface area (Å²) < 4.78 is 59.2. The molecule has 0 spiro atoms. The van der Waals surface area contributed by atoms with Crippen molar-refractivity contribution in [1.29, 1.82) is 0 Å². The molecule has 0 amide bonds. The number of allylic oxidation sites excluding steroid dienone is 2. The summed E-state index contributed by atoms with van der Waals surface area (Å²) in [5, 5.41) is 0. The first-order chi connectivity index (χ1) is 7.88. The van der Waals surface area contributed by atoms with E-state index >= 15 is 0 Å². The van der Waals surface area contributed by atoms with Crippen LogP contribution in [0.5, 0.6) is 0 Å². The van der Waals surface area contributed by atoms with Gasteiger partial charge in [0, 0.05) is 13.1 Å². The summed E-state index contributed by atoms with van der Waals surface area (Å²) in [6.45, 7) is 4.56. The van der Waals surface area contributed by atoms with E-state index in [2.05, 4.69) is 36.3 Å². The molecule has 0 aromatic heterocycles. The molecule has 8 heteroatoms. The summed E-state index contributed by atoms with van der Waals surface area (Å²) in [6, 6.07) is 0. The van der Waals surface area contributed by atoms with Gasteiger partial charge in [-0.1, -0.05) is 31.9 Å². The van der Waals surface area contributed by atoms with Crippen LogP contribution < -0.4 is 0 Å². The van der Waals surface area contributed by atoms with Gasteiger partial charge in [0.2, 0.25) is 0 Å². The molecule has 1 heterocycles. The van der Waals surface area contributed by atoms with Gasteiger partial charge >= 0.3 is 34.4 Å². The Morgan fingerprint density at radius 3 is 2.00 bits per heavy atom. The van der Waals surface area contributed by atoms with Gasteiger partial charge in [-0.25, -0.2) is 0 Å². The molecule has 0 aromatic carbocycles. The molecule has 1 rings (SSSR count). The van der Waals surface area contributed by atoms with Crippen molar-refractivity contribution in [3.05, 3.63) is 24.4 Å². The van der Waals surface area contributed by atoms with Gasteiger partial charge in [-0.2, -0.15) is 0 Å². The Bertz CT molecular complexity index is 298. The van der Waals surface area contributed by atoms with Gasteiger partial charge in [-0.05, 0) is 18.7 Å². The number of hydrogen-bond acceptors (Lipinski definition) is 1. The zero-order chi connectivity index (χ0) is 14.3. The van der Waals surface area contributed by atoms with E-state index in [-0.39, 0.29) is 1.43 Å². The summed E-state index contributed by atoms with van der Waals surface area (Å²) in [5.74, 6) is 0. The van der Waals surface area contributed by atoms with Crippen molar-refractivity contribution in [3.63, 3.8) is 0 Å². The van der Waals surface area contributed by atoms with Crippen molar-refractivity contribution < 1.29 is 26.6 Å². The quantitative estimate of drug-likeness (QED) is 0.346. The molecule has 1 nitrogen and oxygen atoms in total. The molecule has 18 heavy (non-hydrogen) atoms. The third kappa shape index (κ3) is 20.7. The molecule has 0 aliphatic carbocycles. The second kappa shape index (κ2) is 5.51. The number of rotatable bonds is 4. The van der Waals surface area contributed by atoms with Crippen molar-refractivity contribution in [2.45, 2.75) is 26.2 Å². The second-order valence-electron chi connectivity index (χ2n) is 3.93. The minimum atomic E-state index is -10.7. The number of nitrogens with zero attached hydrogens (tertiary/aromatic N) is 1. The minimum Gasteiger partial charge on any atom is 1.00 e. The first kappa shape index (κ1) is 17.3. The molecule has 0 unspecified atom stereocenters. The fourth-order valence-electron chi connectivity index (χ4n) is 1.24. The third-order valence-corrected chi connectivity index (χ3v) is 1.93. The molecule has 1 aliphatic rings. The maximum atomic E-state index is 9.87. The van der Waals surface area contributed by atoms with Gasteiger partial charge in [-0.15, -0.1) is 0 Å². The smallest absolute Gasteiger partial charge is 1.00 e. The molecule has 0 saturated carbocycles. The van der Waals surface area contributed by atoms with Crippen molar-refractivity contribution in [2.24, 2.45) is 0 Å². The minimum absolute atomic E-state index is 0. The van der Waals surface area contributed by atoms with Gasteiger partial charge in [-0.3, -0.25) is 0 Å². The predicted octanol–water partition coefficient (Wildman–Crippen LogP) is 6.06. The van der Waals surface area contributed by atoms with E-state index in [0.717, 1.165) is 6.54 Å². The van der Waals surface area contributed by atoms with E-state index in [1.807, 2.05) is 0 Å². The van der Waals surface area contributed by atoms with E-state index in [4.69, 9.17) is 0 Å². The van der Waals surface area contributed by atoms with Crippen molar-refractivity contribution in [3.8, 4) is 0 Å². The summed E-state index contributed by atoms with van der Waals surface area (Å²) in [5.41, 5.74) is 0. The van der Waals surface area contributed by atoms with Crippen LogP contribution in [0.4, 0.5) is 25.2 Å². The Kier molecular flexibility index (Phi) is 5.29. The summed E-state index contributed by atoms with van der Waals surface area (Å²) in [6.07, 6.45) is 12.6. The second-order valence-corrected chi connectivity index (χ2v) is 5.85. The third-order valence-electron chi connectivity index (χ3n) is 1.93. The normalized spacial score (nSPS) is 18.7. The van der Waals surface area contributed by atoms with Crippen LogP contribution in [0, 0.1) is 0 Å². The van der Waals surface area contributed by atoms with Crippen LogP contribution in [0.3, 0.4) is 0 Å². The topological polar surface area (TPSA) is 3.24 Å². The number of hydrogen-bond donors (Lipinski definition) is 0. The summed E-state index contributed by atoms with van der Waals surface area (Å²) in [4.78, 5) is 2.36. The molecular formula is C10H18F6NP. The van der Waals surface area contributed by atoms with Crippen LogP contribution in [0.25, 0.3) is 0 Å². The Morgan fingerprint density at radius 1 is 1.06 bits per heavy atom. The van der Waals surface area contributed by atoms with Gasteiger partial charge in [0.25, 0.3) is 0 Å². The number of unbranched alkanes of at least 4 members (excludes halogenated alkanes) is 2. The SMILES string of the molecule is CCCCCN1C=CC=CC1.F[P-](F)(F)(F)(F)F.[H+].